The summed E-state index contributed by atoms with van der Waals surface area (Å²) in [6.07, 6.45) is 3.34. The van der Waals surface area contributed by atoms with E-state index in [0.29, 0.717) is 21.4 Å². The topological polar surface area (TPSA) is 92.4 Å². The molecule has 1 aliphatic heterocycles. The number of thioether (sulfide) groups is 1. The number of nitrogens with two attached hydrogens (primary N) is 1. The molecule has 5 rings (SSSR count). The molecule has 206 valence electrons. The molecule has 2 N–H and O–H groups in total. The van der Waals surface area contributed by atoms with Crippen molar-refractivity contribution in [3.8, 4) is 11.3 Å². The van der Waals surface area contributed by atoms with E-state index in [4.69, 9.17) is 28.9 Å². The second-order valence-corrected chi connectivity index (χ2v) is 12.3. The molecule has 0 saturated carbocycles. The summed E-state index contributed by atoms with van der Waals surface area (Å²) in [7, 11) is 0. The van der Waals surface area contributed by atoms with E-state index in [1.165, 1.54) is 23.1 Å². The zero-order chi connectivity index (χ0) is 28.1. The van der Waals surface area contributed by atoms with E-state index in [2.05, 4.69) is 14.9 Å². The molecule has 0 radical (unpaired) electrons. The summed E-state index contributed by atoms with van der Waals surface area (Å²) in [5, 5.41) is 3.03. The number of nitrogens with zero attached hydrogens (tertiary/aromatic N) is 4. The Morgan fingerprint density at radius 3 is 2.60 bits per heavy atom. The summed E-state index contributed by atoms with van der Waals surface area (Å²) in [6, 6.07) is 18.9. The first-order valence-corrected chi connectivity index (χ1v) is 15.4. The molecular weight excluding hydrogens is 585 g/mol. The van der Waals surface area contributed by atoms with Gasteiger partial charge in [0.1, 0.15) is 5.82 Å². The van der Waals surface area contributed by atoms with Gasteiger partial charge in [-0.1, -0.05) is 59.2 Å². The van der Waals surface area contributed by atoms with E-state index in [-0.39, 0.29) is 23.6 Å². The highest BCUT2D eigenvalue weighted by molar-refractivity contribution is 8.01. The van der Waals surface area contributed by atoms with Gasteiger partial charge in [0.15, 0.2) is 4.34 Å². The van der Waals surface area contributed by atoms with E-state index in [1.807, 2.05) is 70.9 Å². The lowest BCUT2D eigenvalue weighted by Gasteiger charge is -2.38. The second kappa shape index (κ2) is 13.1. The number of halogens is 2. The van der Waals surface area contributed by atoms with Gasteiger partial charge in [0.25, 0.3) is 5.91 Å². The molecule has 0 bridgehead atoms. The number of pyridine rings is 1. The molecule has 2 amide bonds. The highest BCUT2D eigenvalue weighted by Gasteiger charge is 2.31. The van der Waals surface area contributed by atoms with E-state index >= 15 is 0 Å². The zero-order valence-corrected chi connectivity index (χ0v) is 24.6. The number of rotatable bonds is 9. The van der Waals surface area contributed by atoms with Crippen molar-refractivity contribution in [1.29, 1.82) is 0 Å². The summed E-state index contributed by atoms with van der Waals surface area (Å²) in [5.41, 5.74) is 8.54. The number of likely N-dealkylation sites (tertiary alicyclic amines) is 1. The van der Waals surface area contributed by atoms with Crippen molar-refractivity contribution in [3.63, 3.8) is 0 Å². The Morgan fingerprint density at radius 1 is 1.05 bits per heavy atom. The van der Waals surface area contributed by atoms with Gasteiger partial charge in [0.05, 0.1) is 21.5 Å². The highest BCUT2D eigenvalue weighted by atomic mass is 35.5. The van der Waals surface area contributed by atoms with Crippen molar-refractivity contribution in [2.75, 3.05) is 23.7 Å². The number of benzene rings is 2. The number of hydrogen-bond donors (Lipinski definition) is 1. The third-order valence-corrected chi connectivity index (χ3v) is 9.44. The lowest BCUT2D eigenvalue weighted by Crippen LogP contribution is -2.47. The van der Waals surface area contributed by atoms with Crippen LogP contribution in [0.25, 0.3) is 11.3 Å². The summed E-state index contributed by atoms with van der Waals surface area (Å²) < 4.78 is 0.758. The molecule has 0 spiro atoms. The average Bonchev–Trinajstić information content (AvgIpc) is 3.45. The predicted molar refractivity (Wildman–Crippen MR) is 163 cm³/mol. The molecule has 3 heterocycles. The first kappa shape index (κ1) is 28.6. The minimum Gasteiger partial charge on any atom is -0.369 e. The highest BCUT2D eigenvalue weighted by Crippen LogP contribution is 2.31. The Labute approximate surface area is 251 Å². The third-order valence-electron chi connectivity index (χ3n) is 6.65. The summed E-state index contributed by atoms with van der Waals surface area (Å²) >= 11 is 15.0. The standard InChI is InChI=1S/C29H27Cl2N5O2S2/c30-23-8-7-19(14-24(23)31)16-35-12-9-22(10-13-35)36(27-6-1-2-11-33-27)28(38)21-5-3-4-20(15-21)25-17-39-29(34-25)40-18-26(32)37/h1-8,11,14-15,17,22H,9-10,12-13,16,18H2,(H2,32,37). The molecule has 2 aromatic carbocycles. The molecular formula is C29H27Cl2N5O2S2. The number of piperidine rings is 1. The Bertz CT molecular complexity index is 1490. The van der Waals surface area contributed by atoms with Crippen LogP contribution in [0.1, 0.15) is 28.8 Å². The zero-order valence-electron chi connectivity index (χ0n) is 21.5. The fraction of sp³-hybridized carbons (Fsp3) is 0.241. The molecule has 0 aliphatic carbocycles. The first-order valence-electron chi connectivity index (χ1n) is 12.8. The minimum absolute atomic E-state index is 0.00665. The molecule has 1 fully saturated rings. The van der Waals surface area contributed by atoms with E-state index in [1.54, 1.807) is 6.20 Å². The lowest BCUT2D eigenvalue weighted by molar-refractivity contribution is -0.115. The van der Waals surface area contributed by atoms with E-state index in [9.17, 15) is 9.59 Å². The maximum absolute atomic E-state index is 14.0. The number of amides is 2. The van der Waals surface area contributed by atoms with Gasteiger partial charge in [-0.25, -0.2) is 9.97 Å². The monoisotopic (exact) mass is 611 g/mol. The Kier molecular flexibility index (Phi) is 9.39. The van der Waals surface area contributed by atoms with Crippen molar-refractivity contribution in [3.05, 3.63) is 93.4 Å². The van der Waals surface area contributed by atoms with Gasteiger partial charge in [0.2, 0.25) is 5.91 Å². The normalized spacial score (nSPS) is 14.2. The van der Waals surface area contributed by atoms with Gasteiger partial charge in [-0.2, -0.15) is 0 Å². The Balaban J connectivity index is 1.32. The number of carbonyl (C=O) groups is 2. The predicted octanol–water partition coefficient (Wildman–Crippen LogP) is 6.40. The fourth-order valence-corrected chi connectivity index (χ4v) is 6.62. The van der Waals surface area contributed by atoms with Gasteiger partial charge in [-0.3, -0.25) is 19.4 Å². The Morgan fingerprint density at radius 2 is 1.88 bits per heavy atom. The second-order valence-electron chi connectivity index (χ2n) is 9.45. The van der Waals surface area contributed by atoms with Gasteiger partial charge in [0, 0.05) is 48.4 Å². The van der Waals surface area contributed by atoms with Crippen LogP contribution in [0.15, 0.2) is 76.6 Å². The summed E-state index contributed by atoms with van der Waals surface area (Å²) in [6.45, 7) is 2.45. The maximum Gasteiger partial charge on any atom is 0.259 e. The quantitative estimate of drug-likeness (QED) is 0.220. The smallest absolute Gasteiger partial charge is 0.259 e. The first-order chi connectivity index (χ1) is 19.4. The SMILES string of the molecule is NC(=O)CSc1nc(-c2cccc(C(=O)N(c3ccccn3)C3CCN(Cc4ccc(Cl)c(Cl)c4)CC3)c2)cs1. The van der Waals surface area contributed by atoms with Gasteiger partial charge >= 0.3 is 0 Å². The minimum atomic E-state index is -0.385. The number of anilines is 1. The van der Waals surface area contributed by atoms with Crippen molar-refractivity contribution < 1.29 is 9.59 Å². The molecule has 0 atom stereocenters. The van der Waals surface area contributed by atoms with Crippen LogP contribution in [-0.4, -0.2) is 51.6 Å². The van der Waals surface area contributed by atoms with E-state index in [0.717, 1.165) is 53.6 Å². The molecule has 4 aromatic rings. The number of thiazole rings is 1. The Hall–Kier alpha value is -2.95. The van der Waals surface area contributed by atoms with Crippen molar-refractivity contribution in [2.24, 2.45) is 5.73 Å². The molecule has 1 aliphatic rings. The van der Waals surface area contributed by atoms with Crippen molar-refractivity contribution in [1.82, 2.24) is 14.9 Å². The summed E-state index contributed by atoms with van der Waals surface area (Å²) in [5.74, 6) is 0.336. The molecule has 1 saturated heterocycles. The van der Waals surface area contributed by atoms with E-state index < -0.39 is 0 Å². The molecule has 7 nitrogen and oxygen atoms in total. The number of carbonyl (C=O) groups excluding carboxylic acids is 2. The average molecular weight is 613 g/mol. The van der Waals surface area contributed by atoms with Crippen LogP contribution >= 0.6 is 46.3 Å². The van der Waals surface area contributed by atoms with Crippen LogP contribution in [0.5, 0.6) is 0 Å². The molecule has 40 heavy (non-hydrogen) atoms. The van der Waals surface area contributed by atoms with Crippen molar-refractivity contribution in [2.45, 2.75) is 29.8 Å². The molecule has 2 aromatic heterocycles. The maximum atomic E-state index is 14.0. The summed E-state index contributed by atoms with van der Waals surface area (Å²) in [4.78, 5) is 38.5. The largest absolute Gasteiger partial charge is 0.369 e. The van der Waals surface area contributed by atoms with Crippen LogP contribution in [0.4, 0.5) is 5.82 Å². The third kappa shape index (κ3) is 7.03. The number of hydrogen-bond acceptors (Lipinski definition) is 7. The van der Waals surface area contributed by atoms with Crippen LogP contribution in [-0.2, 0) is 11.3 Å². The molecule has 11 heteroatoms. The van der Waals surface area contributed by atoms with Gasteiger partial charge < -0.3 is 5.73 Å². The van der Waals surface area contributed by atoms with Crippen molar-refractivity contribution >= 4 is 63.9 Å². The lowest BCUT2D eigenvalue weighted by atomic mass is 10.00. The van der Waals surface area contributed by atoms with Crippen LogP contribution < -0.4 is 10.6 Å². The van der Waals surface area contributed by atoms with Crippen LogP contribution in [0.2, 0.25) is 10.0 Å². The number of aromatic nitrogens is 2. The van der Waals surface area contributed by atoms with Gasteiger partial charge in [-0.05, 0) is 54.8 Å². The van der Waals surface area contributed by atoms with Crippen LogP contribution in [0.3, 0.4) is 0 Å². The van der Waals surface area contributed by atoms with Gasteiger partial charge in [-0.15, -0.1) is 11.3 Å². The number of primary amides is 1. The van der Waals surface area contributed by atoms with Crippen LogP contribution in [0, 0.1) is 0 Å². The fourth-order valence-electron chi connectivity index (χ4n) is 4.72. The molecule has 0 unspecified atom stereocenters.